The largest absolute Gasteiger partial charge is 0.573 e. The maximum atomic E-state index is 12.4. The monoisotopic (exact) mass is 320 g/mol. The number of benzene rings is 2. The summed E-state index contributed by atoms with van der Waals surface area (Å²) in [5.74, 6) is -0.584. The summed E-state index contributed by atoms with van der Waals surface area (Å²) in [6.07, 6.45) is -3.16. The number of halogens is 3. The van der Waals surface area contributed by atoms with E-state index in [1.165, 1.54) is 42.5 Å². The predicted octanol–water partition coefficient (Wildman–Crippen LogP) is 4.11. The molecule has 0 unspecified atom stereocenters. The minimum atomic E-state index is -4.80. The van der Waals surface area contributed by atoms with Crippen molar-refractivity contribution in [1.29, 1.82) is 0 Å². The van der Waals surface area contributed by atoms with E-state index >= 15 is 0 Å². The molecular formula is C17H11F3O3. The summed E-state index contributed by atoms with van der Waals surface area (Å²) in [6.45, 7) is 0. The third kappa shape index (κ3) is 3.21. The van der Waals surface area contributed by atoms with Gasteiger partial charge in [0.05, 0.1) is 0 Å². The predicted molar refractivity (Wildman–Crippen MR) is 77.2 cm³/mol. The molecule has 1 N–H and O–H groups in total. The number of hydrogen-bond donors (Lipinski definition) is 1. The molecular weight excluding hydrogens is 309 g/mol. The van der Waals surface area contributed by atoms with Gasteiger partial charge in [0.25, 0.3) is 0 Å². The van der Waals surface area contributed by atoms with Crippen LogP contribution in [-0.4, -0.2) is 17.3 Å². The van der Waals surface area contributed by atoms with Gasteiger partial charge in [-0.05, 0) is 35.9 Å². The third-order valence-corrected chi connectivity index (χ3v) is 3.48. The number of aromatic hydroxyl groups is 1. The fourth-order valence-electron chi connectivity index (χ4n) is 2.53. The fourth-order valence-corrected chi connectivity index (χ4v) is 2.53. The van der Waals surface area contributed by atoms with Crippen LogP contribution in [0.15, 0.2) is 48.0 Å². The van der Waals surface area contributed by atoms with Gasteiger partial charge < -0.3 is 9.84 Å². The number of hydrogen-bond acceptors (Lipinski definition) is 3. The van der Waals surface area contributed by atoms with Crippen molar-refractivity contribution in [3.05, 3.63) is 64.7 Å². The molecule has 0 spiro atoms. The van der Waals surface area contributed by atoms with E-state index in [-0.39, 0.29) is 29.3 Å². The van der Waals surface area contributed by atoms with E-state index in [0.29, 0.717) is 16.7 Å². The number of fused-ring (bicyclic) bond motifs is 1. The van der Waals surface area contributed by atoms with Gasteiger partial charge in [-0.3, -0.25) is 4.79 Å². The third-order valence-electron chi connectivity index (χ3n) is 3.48. The minimum Gasteiger partial charge on any atom is -0.508 e. The van der Waals surface area contributed by atoms with Crippen molar-refractivity contribution in [2.75, 3.05) is 0 Å². The Hall–Kier alpha value is -2.76. The number of carbonyl (C=O) groups is 1. The Kier molecular flexibility index (Phi) is 3.60. The number of alkyl halides is 3. The Morgan fingerprint density at radius 3 is 2.61 bits per heavy atom. The molecule has 0 fully saturated rings. The molecule has 6 heteroatoms. The van der Waals surface area contributed by atoms with Crippen LogP contribution < -0.4 is 4.74 Å². The van der Waals surface area contributed by atoms with Gasteiger partial charge in [-0.25, -0.2) is 0 Å². The summed E-state index contributed by atoms with van der Waals surface area (Å²) < 4.78 is 41.3. The zero-order valence-corrected chi connectivity index (χ0v) is 11.7. The van der Waals surface area contributed by atoms with Crippen LogP contribution in [0.25, 0.3) is 6.08 Å². The Morgan fingerprint density at radius 2 is 1.87 bits per heavy atom. The highest BCUT2D eigenvalue weighted by molar-refractivity contribution is 6.15. The topological polar surface area (TPSA) is 46.5 Å². The number of ether oxygens (including phenoxy) is 1. The van der Waals surface area contributed by atoms with Gasteiger partial charge in [0.1, 0.15) is 11.5 Å². The van der Waals surface area contributed by atoms with Crippen molar-refractivity contribution in [2.45, 2.75) is 12.8 Å². The van der Waals surface area contributed by atoms with E-state index in [0.717, 1.165) is 0 Å². The lowest BCUT2D eigenvalue weighted by molar-refractivity contribution is -0.274. The quantitative estimate of drug-likeness (QED) is 0.847. The van der Waals surface area contributed by atoms with Crippen LogP contribution in [0.4, 0.5) is 13.2 Å². The normalized spacial score (nSPS) is 15.8. The second-order valence-electron chi connectivity index (χ2n) is 5.10. The summed E-state index contributed by atoms with van der Waals surface area (Å²) in [5.41, 5.74) is 1.62. The standard InChI is InChI=1S/C17H11F3O3/c18-17(19,20)23-15-4-2-1-3-10(15)7-12-8-11-9-13(21)5-6-14(11)16(12)22/h1-7,9,21H,8H2/b12-7+. The van der Waals surface area contributed by atoms with Crippen LogP contribution in [0.5, 0.6) is 11.5 Å². The second-order valence-corrected chi connectivity index (χ2v) is 5.10. The van der Waals surface area contributed by atoms with Crippen molar-refractivity contribution in [3.63, 3.8) is 0 Å². The molecule has 118 valence electrons. The molecule has 23 heavy (non-hydrogen) atoms. The molecule has 3 rings (SSSR count). The lowest BCUT2D eigenvalue weighted by Crippen LogP contribution is -2.17. The Labute approximate surface area is 129 Å². The number of carbonyl (C=O) groups excluding carboxylic acids is 1. The van der Waals surface area contributed by atoms with Gasteiger partial charge in [0, 0.05) is 23.1 Å². The summed E-state index contributed by atoms with van der Waals surface area (Å²) in [4.78, 5) is 12.3. The van der Waals surface area contributed by atoms with E-state index in [1.807, 2.05) is 0 Å². The smallest absolute Gasteiger partial charge is 0.508 e. The van der Waals surface area contributed by atoms with Crippen LogP contribution in [-0.2, 0) is 6.42 Å². The molecule has 2 aromatic carbocycles. The van der Waals surface area contributed by atoms with E-state index in [9.17, 15) is 23.1 Å². The Morgan fingerprint density at radius 1 is 1.13 bits per heavy atom. The van der Waals surface area contributed by atoms with Crippen LogP contribution in [0.3, 0.4) is 0 Å². The molecule has 0 heterocycles. The summed E-state index contributed by atoms with van der Waals surface area (Å²) in [5, 5.41) is 9.45. The molecule has 0 saturated heterocycles. The van der Waals surface area contributed by atoms with Crippen LogP contribution in [0.2, 0.25) is 0 Å². The molecule has 0 atom stereocenters. The number of phenolic OH excluding ortho intramolecular Hbond substituents is 1. The highest BCUT2D eigenvalue weighted by Crippen LogP contribution is 2.33. The molecule has 0 aliphatic heterocycles. The van der Waals surface area contributed by atoms with Crippen molar-refractivity contribution < 1.29 is 27.8 Å². The van der Waals surface area contributed by atoms with Crippen molar-refractivity contribution in [1.82, 2.24) is 0 Å². The number of allylic oxidation sites excluding steroid dienone is 1. The van der Waals surface area contributed by atoms with Gasteiger partial charge in [0.15, 0.2) is 5.78 Å². The number of para-hydroxylation sites is 1. The molecule has 0 saturated carbocycles. The minimum absolute atomic E-state index is 0.0404. The molecule has 0 aromatic heterocycles. The average Bonchev–Trinajstić information content (AvgIpc) is 2.75. The first-order valence-corrected chi connectivity index (χ1v) is 6.75. The number of rotatable bonds is 2. The highest BCUT2D eigenvalue weighted by Gasteiger charge is 2.32. The van der Waals surface area contributed by atoms with Crippen molar-refractivity contribution in [2.24, 2.45) is 0 Å². The SMILES string of the molecule is O=C1/C(=C/c2ccccc2OC(F)(F)F)Cc2cc(O)ccc21. The Bertz CT molecular complexity index is 807. The van der Waals surface area contributed by atoms with E-state index in [2.05, 4.69) is 4.74 Å². The van der Waals surface area contributed by atoms with Gasteiger partial charge >= 0.3 is 6.36 Å². The fraction of sp³-hybridized carbons (Fsp3) is 0.118. The first kappa shape index (κ1) is 15.1. The molecule has 1 aliphatic carbocycles. The first-order chi connectivity index (χ1) is 10.8. The van der Waals surface area contributed by atoms with Gasteiger partial charge in [0.2, 0.25) is 0 Å². The summed E-state index contributed by atoms with van der Waals surface area (Å²) in [7, 11) is 0. The summed E-state index contributed by atoms with van der Waals surface area (Å²) >= 11 is 0. The van der Waals surface area contributed by atoms with Crippen molar-refractivity contribution >= 4 is 11.9 Å². The molecule has 3 nitrogen and oxygen atoms in total. The van der Waals surface area contributed by atoms with E-state index in [1.54, 1.807) is 6.07 Å². The highest BCUT2D eigenvalue weighted by atomic mass is 19.4. The molecule has 0 amide bonds. The average molecular weight is 320 g/mol. The van der Waals surface area contributed by atoms with E-state index in [4.69, 9.17) is 0 Å². The number of Topliss-reactive ketones (excluding diaryl/α,β-unsaturated/α-hetero) is 1. The molecule has 0 radical (unpaired) electrons. The van der Waals surface area contributed by atoms with Gasteiger partial charge in [-0.2, -0.15) is 0 Å². The second kappa shape index (κ2) is 5.46. The van der Waals surface area contributed by atoms with Crippen molar-refractivity contribution in [3.8, 4) is 11.5 Å². The van der Waals surface area contributed by atoms with Gasteiger partial charge in [-0.1, -0.05) is 18.2 Å². The van der Waals surface area contributed by atoms with E-state index < -0.39 is 6.36 Å². The molecule has 0 bridgehead atoms. The maximum Gasteiger partial charge on any atom is 0.573 e. The lowest BCUT2D eigenvalue weighted by Gasteiger charge is -2.11. The number of ketones is 1. The molecule has 2 aromatic rings. The zero-order chi connectivity index (χ0) is 16.6. The first-order valence-electron chi connectivity index (χ1n) is 6.75. The number of phenols is 1. The molecule has 1 aliphatic rings. The van der Waals surface area contributed by atoms with Crippen LogP contribution >= 0.6 is 0 Å². The van der Waals surface area contributed by atoms with Crippen LogP contribution in [0, 0.1) is 0 Å². The maximum absolute atomic E-state index is 12.4. The zero-order valence-electron chi connectivity index (χ0n) is 11.7. The summed E-state index contributed by atoms with van der Waals surface area (Å²) in [6, 6.07) is 10.0. The lowest BCUT2D eigenvalue weighted by atomic mass is 10.1. The van der Waals surface area contributed by atoms with Crippen LogP contribution in [0.1, 0.15) is 21.5 Å². The van der Waals surface area contributed by atoms with Gasteiger partial charge in [-0.15, -0.1) is 13.2 Å². The Balaban J connectivity index is 1.97.